The maximum Gasteiger partial charge on any atom is 0.416 e. The SMILES string of the molecule is O=C(c1csc2nc(-c3ccc(C(F)(F)F)cc3)cn12)N1CCN2CCCC2C1. The molecule has 0 bridgehead atoms. The summed E-state index contributed by atoms with van der Waals surface area (Å²) in [7, 11) is 0. The minimum atomic E-state index is -4.37. The Labute approximate surface area is 169 Å². The summed E-state index contributed by atoms with van der Waals surface area (Å²) in [6, 6.07) is 5.38. The zero-order valence-corrected chi connectivity index (χ0v) is 16.3. The Balaban J connectivity index is 1.40. The molecular formula is C20H19F3N4OS. The van der Waals surface area contributed by atoms with Crippen LogP contribution in [-0.2, 0) is 6.18 Å². The maximum atomic E-state index is 13.1. The summed E-state index contributed by atoms with van der Waals surface area (Å²) in [5.41, 5.74) is 1.01. The van der Waals surface area contributed by atoms with Crippen molar-refractivity contribution in [1.29, 1.82) is 0 Å². The molecule has 0 aliphatic carbocycles. The Hall–Kier alpha value is -2.39. The Bertz CT molecular complexity index is 1060. The van der Waals surface area contributed by atoms with Gasteiger partial charge in [0.2, 0.25) is 0 Å². The van der Waals surface area contributed by atoms with Crippen LogP contribution in [0, 0.1) is 0 Å². The van der Waals surface area contributed by atoms with E-state index in [-0.39, 0.29) is 5.91 Å². The topological polar surface area (TPSA) is 40.9 Å². The maximum absolute atomic E-state index is 13.1. The fourth-order valence-electron chi connectivity index (χ4n) is 4.24. The molecule has 9 heteroatoms. The molecule has 0 spiro atoms. The van der Waals surface area contributed by atoms with Gasteiger partial charge in [0.15, 0.2) is 4.96 Å². The van der Waals surface area contributed by atoms with Crippen LogP contribution >= 0.6 is 11.3 Å². The van der Waals surface area contributed by atoms with Gasteiger partial charge in [-0.25, -0.2) is 4.98 Å². The molecule has 152 valence electrons. The summed E-state index contributed by atoms with van der Waals surface area (Å²) in [4.78, 5) is 22.6. The number of imidazole rings is 1. The number of carbonyl (C=O) groups excluding carboxylic acids is 1. The first-order valence-corrected chi connectivity index (χ1v) is 10.5. The molecule has 29 heavy (non-hydrogen) atoms. The molecule has 0 saturated carbocycles. The highest BCUT2D eigenvalue weighted by Crippen LogP contribution is 2.31. The van der Waals surface area contributed by atoms with Gasteiger partial charge in [-0.05, 0) is 31.5 Å². The normalized spacial score (nSPS) is 20.4. The van der Waals surface area contributed by atoms with E-state index in [1.807, 2.05) is 10.3 Å². The zero-order chi connectivity index (χ0) is 20.2. The van der Waals surface area contributed by atoms with Gasteiger partial charge in [0.25, 0.3) is 5.91 Å². The predicted molar refractivity (Wildman–Crippen MR) is 104 cm³/mol. The number of rotatable bonds is 2. The lowest BCUT2D eigenvalue weighted by atomic mass is 10.1. The first-order valence-electron chi connectivity index (χ1n) is 9.58. The molecular weight excluding hydrogens is 401 g/mol. The van der Waals surface area contributed by atoms with Crippen LogP contribution in [0.3, 0.4) is 0 Å². The van der Waals surface area contributed by atoms with E-state index in [0.717, 1.165) is 38.2 Å². The number of halogens is 3. The van der Waals surface area contributed by atoms with Crippen LogP contribution < -0.4 is 0 Å². The zero-order valence-electron chi connectivity index (χ0n) is 15.5. The number of piperazine rings is 1. The van der Waals surface area contributed by atoms with Crippen molar-refractivity contribution in [2.24, 2.45) is 0 Å². The number of alkyl halides is 3. The number of nitrogens with zero attached hydrogens (tertiary/aromatic N) is 4. The summed E-state index contributed by atoms with van der Waals surface area (Å²) in [5.74, 6) is -0.0147. The first kappa shape index (κ1) is 18.6. The van der Waals surface area contributed by atoms with Crippen molar-refractivity contribution >= 4 is 22.2 Å². The predicted octanol–water partition coefficient (Wildman–Crippen LogP) is 4.00. The fourth-order valence-corrected chi connectivity index (χ4v) is 5.09. The lowest BCUT2D eigenvalue weighted by Gasteiger charge is -2.37. The van der Waals surface area contributed by atoms with Gasteiger partial charge in [0.05, 0.1) is 11.3 Å². The number of amides is 1. The van der Waals surface area contributed by atoms with Crippen molar-refractivity contribution in [3.8, 4) is 11.3 Å². The number of carbonyl (C=O) groups is 1. The number of aromatic nitrogens is 2. The molecule has 1 unspecified atom stereocenters. The van der Waals surface area contributed by atoms with Crippen molar-refractivity contribution in [3.05, 3.63) is 47.1 Å². The van der Waals surface area contributed by atoms with Crippen LogP contribution in [0.5, 0.6) is 0 Å². The third-order valence-electron chi connectivity index (χ3n) is 5.81. The summed E-state index contributed by atoms with van der Waals surface area (Å²) in [6.07, 6.45) is -0.317. The van der Waals surface area contributed by atoms with Gasteiger partial charge in [0.1, 0.15) is 5.69 Å². The van der Waals surface area contributed by atoms with Gasteiger partial charge in [-0.1, -0.05) is 12.1 Å². The summed E-state index contributed by atoms with van der Waals surface area (Å²) >= 11 is 1.36. The molecule has 2 saturated heterocycles. The van der Waals surface area contributed by atoms with Gasteiger partial charge in [0, 0.05) is 42.8 Å². The molecule has 2 aliphatic rings. The minimum absolute atomic E-state index is 0.0147. The average Bonchev–Trinajstić information content (AvgIpc) is 3.41. The third-order valence-corrected chi connectivity index (χ3v) is 6.65. The highest BCUT2D eigenvalue weighted by Gasteiger charge is 2.34. The van der Waals surface area contributed by atoms with E-state index in [1.54, 1.807) is 10.6 Å². The second-order valence-electron chi connectivity index (χ2n) is 7.56. The second kappa shape index (κ2) is 6.84. The van der Waals surface area contributed by atoms with Crippen molar-refractivity contribution in [1.82, 2.24) is 19.2 Å². The van der Waals surface area contributed by atoms with Crippen LogP contribution in [0.4, 0.5) is 13.2 Å². The third kappa shape index (κ3) is 3.32. The van der Waals surface area contributed by atoms with Crippen LogP contribution in [0.1, 0.15) is 28.9 Å². The number of thiazole rings is 1. The molecule has 2 fully saturated rings. The van der Waals surface area contributed by atoms with Gasteiger partial charge in [-0.2, -0.15) is 13.2 Å². The Kier molecular flexibility index (Phi) is 4.40. The monoisotopic (exact) mass is 420 g/mol. The molecule has 5 nitrogen and oxygen atoms in total. The van der Waals surface area contributed by atoms with E-state index >= 15 is 0 Å². The number of hydrogen-bond donors (Lipinski definition) is 0. The van der Waals surface area contributed by atoms with Crippen LogP contribution in [0.25, 0.3) is 16.2 Å². The lowest BCUT2D eigenvalue weighted by molar-refractivity contribution is -0.137. The molecule has 3 aromatic rings. The van der Waals surface area contributed by atoms with E-state index in [4.69, 9.17) is 0 Å². The van der Waals surface area contributed by atoms with Crippen LogP contribution in [-0.4, -0.2) is 57.3 Å². The quantitative estimate of drug-likeness (QED) is 0.629. The molecule has 0 N–H and O–H groups in total. The minimum Gasteiger partial charge on any atom is -0.334 e. The molecule has 2 aromatic heterocycles. The van der Waals surface area contributed by atoms with E-state index in [1.165, 1.54) is 29.9 Å². The Morgan fingerprint density at radius 3 is 2.69 bits per heavy atom. The molecule has 0 radical (unpaired) electrons. The van der Waals surface area contributed by atoms with Crippen LogP contribution in [0.15, 0.2) is 35.8 Å². The van der Waals surface area contributed by atoms with E-state index in [9.17, 15) is 18.0 Å². The average molecular weight is 420 g/mol. The summed E-state index contributed by atoms with van der Waals surface area (Å²) < 4.78 is 40.1. The second-order valence-corrected chi connectivity index (χ2v) is 8.39. The molecule has 2 aliphatic heterocycles. The first-order chi connectivity index (χ1) is 13.9. The largest absolute Gasteiger partial charge is 0.416 e. The smallest absolute Gasteiger partial charge is 0.334 e. The van der Waals surface area contributed by atoms with E-state index in [0.29, 0.717) is 34.5 Å². The number of fused-ring (bicyclic) bond motifs is 2. The van der Waals surface area contributed by atoms with E-state index in [2.05, 4.69) is 9.88 Å². The number of benzene rings is 1. The van der Waals surface area contributed by atoms with Crippen molar-refractivity contribution in [2.75, 3.05) is 26.2 Å². The van der Waals surface area contributed by atoms with Crippen LogP contribution in [0.2, 0.25) is 0 Å². The number of hydrogen-bond acceptors (Lipinski definition) is 4. The molecule has 1 amide bonds. The molecule has 5 rings (SSSR count). The highest BCUT2D eigenvalue weighted by atomic mass is 32.1. The lowest BCUT2D eigenvalue weighted by Crippen LogP contribution is -2.52. The molecule has 1 aromatic carbocycles. The van der Waals surface area contributed by atoms with E-state index < -0.39 is 11.7 Å². The Morgan fingerprint density at radius 1 is 1.14 bits per heavy atom. The summed E-state index contributed by atoms with van der Waals surface area (Å²) in [6.45, 7) is 3.49. The van der Waals surface area contributed by atoms with Crippen molar-refractivity contribution in [3.63, 3.8) is 0 Å². The van der Waals surface area contributed by atoms with Gasteiger partial charge >= 0.3 is 6.18 Å². The van der Waals surface area contributed by atoms with Gasteiger partial charge in [-0.15, -0.1) is 11.3 Å². The van der Waals surface area contributed by atoms with Gasteiger partial charge < -0.3 is 4.90 Å². The highest BCUT2D eigenvalue weighted by molar-refractivity contribution is 7.15. The van der Waals surface area contributed by atoms with Crippen molar-refractivity contribution in [2.45, 2.75) is 25.1 Å². The summed E-state index contributed by atoms with van der Waals surface area (Å²) in [5, 5.41) is 1.81. The standard InChI is InChI=1S/C20H19F3N4OS/c21-20(22,23)14-5-3-13(4-6-14)16-11-27-17(12-29-19(27)24-16)18(28)26-9-8-25-7-1-2-15(25)10-26/h3-6,11-12,15H,1-2,7-10H2. The molecule has 4 heterocycles. The Morgan fingerprint density at radius 2 is 1.93 bits per heavy atom. The van der Waals surface area contributed by atoms with Crippen molar-refractivity contribution < 1.29 is 18.0 Å². The fraction of sp³-hybridized carbons (Fsp3) is 0.400. The van der Waals surface area contributed by atoms with Gasteiger partial charge in [-0.3, -0.25) is 14.1 Å². The molecule has 1 atom stereocenters.